The summed E-state index contributed by atoms with van der Waals surface area (Å²) in [4.78, 5) is 31.0. The van der Waals surface area contributed by atoms with Crippen molar-refractivity contribution in [1.29, 1.82) is 0 Å². The molecule has 4 atom stereocenters. The number of nitrogens with one attached hydrogen (secondary N) is 2. The van der Waals surface area contributed by atoms with Crippen LogP contribution in [0.2, 0.25) is 10.0 Å². The van der Waals surface area contributed by atoms with Gasteiger partial charge in [-0.2, -0.15) is 0 Å². The molecule has 0 radical (unpaired) electrons. The van der Waals surface area contributed by atoms with Crippen LogP contribution in [-0.4, -0.2) is 78.4 Å². The second-order valence-corrected chi connectivity index (χ2v) is 13.2. The fourth-order valence-corrected chi connectivity index (χ4v) is 5.92. The number of para-hydroxylation sites is 1. The highest BCUT2D eigenvalue weighted by Gasteiger charge is 2.30. The van der Waals surface area contributed by atoms with Crippen LogP contribution in [0.25, 0.3) is 0 Å². The summed E-state index contributed by atoms with van der Waals surface area (Å²) < 4.78 is 12.8. The van der Waals surface area contributed by atoms with Crippen molar-refractivity contribution in [3.05, 3.63) is 87.9 Å². The number of hydrogen-bond donors (Lipinski definition) is 3. The van der Waals surface area contributed by atoms with Crippen LogP contribution < -0.4 is 15.4 Å². The molecule has 0 aromatic heterocycles. The maximum Gasteiger partial charge on any atom is 0.323 e. The molecule has 0 aliphatic carbocycles. The highest BCUT2D eigenvalue weighted by atomic mass is 35.5. The Balaban J connectivity index is 1.58. The number of hydrogen-bond acceptors (Lipinski definition) is 6. The van der Waals surface area contributed by atoms with Crippen molar-refractivity contribution in [2.45, 2.75) is 64.8 Å². The van der Waals surface area contributed by atoms with Gasteiger partial charge in [0.05, 0.1) is 40.5 Å². The van der Waals surface area contributed by atoms with Gasteiger partial charge in [0.25, 0.3) is 5.91 Å². The quantitative estimate of drug-likeness (QED) is 0.226. The zero-order chi connectivity index (χ0) is 33.9. The van der Waals surface area contributed by atoms with Crippen molar-refractivity contribution in [3.8, 4) is 5.75 Å². The zero-order valence-corrected chi connectivity index (χ0v) is 29.1. The van der Waals surface area contributed by atoms with E-state index in [0.717, 1.165) is 24.8 Å². The van der Waals surface area contributed by atoms with Gasteiger partial charge >= 0.3 is 6.03 Å². The molecule has 254 valence electrons. The van der Waals surface area contributed by atoms with Gasteiger partial charge in [-0.05, 0) is 88.2 Å². The summed E-state index contributed by atoms with van der Waals surface area (Å²) in [6.07, 6.45) is 2.22. The monoisotopic (exact) mass is 684 g/mol. The summed E-state index contributed by atoms with van der Waals surface area (Å²) >= 11 is 12.4. The van der Waals surface area contributed by atoms with Crippen LogP contribution in [0.3, 0.4) is 0 Å². The van der Waals surface area contributed by atoms with Crippen LogP contribution in [0.5, 0.6) is 5.75 Å². The second-order valence-electron chi connectivity index (χ2n) is 12.4. The average molecular weight is 686 g/mol. The third-order valence-electron chi connectivity index (χ3n) is 8.27. The normalized spacial score (nSPS) is 20.1. The molecular weight excluding hydrogens is 639 g/mol. The lowest BCUT2D eigenvalue weighted by molar-refractivity contribution is -0.0177. The topological polar surface area (TPSA) is 103 Å². The van der Waals surface area contributed by atoms with Gasteiger partial charge in [0.2, 0.25) is 0 Å². The van der Waals surface area contributed by atoms with Crippen molar-refractivity contribution in [2.24, 2.45) is 5.92 Å². The van der Waals surface area contributed by atoms with Gasteiger partial charge in [0, 0.05) is 43.5 Å². The first-order valence-electron chi connectivity index (χ1n) is 16.1. The predicted octanol–water partition coefficient (Wildman–Crippen LogP) is 7.56. The number of amides is 3. The summed E-state index contributed by atoms with van der Waals surface area (Å²) in [7, 11) is 2.03. The number of aliphatic hydroxyl groups excluding tert-OH is 1. The van der Waals surface area contributed by atoms with E-state index in [1.54, 1.807) is 41.3 Å². The predicted molar refractivity (Wildman–Crippen MR) is 189 cm³/mol. The Labute approximate surface area is 288 Å². The fraction of sp³-hybridized carbons (Fsp3) is 0.444. The Morgan fingerprint density at radius 2 is 1.77 bits per heavy atom. The van der Waals surface area contributed by atoms with Crippen molar-refractivity contribution < 1.29 is 24.2 Å². The van der Waals surface area contributed by atoms with Crippen molar-refractivity contribution >= 4 is 46.5 Å². The third kappa shape index (κ3) is 10.8. The highest BCUT2D eigenvalue weighted by molar-refractivity contribution is 6.42. The van der Waals surface area contributed by atoms with Crippen molar-refractivity contribution in [2.75, 3.05) is 44.0 Å². The van der Waals surface area contributed by atoms with E-state index in [0.29, 0.717) is 59.0 Å². The molecule has 1 aliphatic heterocycles. The van der Waals surface area contributed by atoms with Gasteiger partial charge in [-0.1, -0.05) is 54.4 Å². The lowest BCUT2D eigenvalue weighted by Crippen LogP contribution is -2.47. The molecule has 0 fully saturated rings. The molecule has 4 rings (SSSR count). The number of likely N-dealkylation sites (N-methyl/N-ethyl adjacent to an activating group) is 1. The Bertz CT molecular complexity index is 1480. The zero-order valence-electron chi connectivity index (χ0n) is 27.5. The lowest BCUT2D eigenvalue weighted by Gasteiger charge is -2.36. The number of rotatable bonds is 8. The summed E-state index contributed by atoms with van der Waals surface area (Å²) in [5.41, 5.74) is 2.44. The number of fused-ring (bicyclic) bond motifs is 1. The minimum Gasteiger partial charge on any atom is -0.490 e. The molecule has 0 saturated carbocycles. The van der Waals surface area contributed by atoms with Crippen LogP contribution in [0.1, 0.15) is 56.0 Å². The Morgan fingerprint density at radius 3 is 2.49 bits per heavy atom. The van der Waals surface area contributed by atoms with E-state index in [4.69, 9.17) is 32.7 Å². The molecular formula is C36H46Cl2N4O5. The standard InChI is InChI=1S/C36H46Cl2N4O5/c1-24-20-42(25(2)23-43)35(44)30-19-29(40-36(45)39-28-11-6-5-7-12-28)14-16-33(30)47-26(3)10-8-9-17-46-34(24)22-41(4)21-27-13-15-31(37)32(38)18-27/h5-7,11-16,18-19,24-26,34,43H,8-10,17,20-23H2,1-4H3,(H2,39,40,45)/t24-,25+,26+,34+/m1/s1. The number of ether oxygens (including phenoxy) is 2. The Hall–Kier alpha value is -3.34. The minimum absolute atomic E-state index is 0.0756. The SMILES string of the molecule is C[C@@H]1CN([C@@H](C)CO)C(=O)c2cc(NC(=O)Nc3ccccc3)ccc2O[C@@H](C)CCCCO[C@H]1CN(C)Cc1ccc(Cl)c(Cl)c1. The molecule has 1 heterocycles. The minimum atomic E-state index is -0.476. The second kappa shape index (κ2) is 17.7. The van der Waals surface area contributed by atoms with Crippen molar-refractivity contribution in [1.82, 2.24) is 9.80 Å². The first-order valence-corrected chi connectivity index (χ1v) is 16.9. The molecule has 0 unspecified atom stereocenters. The van der Waals surface area contributed by atoms with Gasteiger partial charge in [-0.25, -0.2) is 4.79 Å². The summed E-state index contributed by atoms with van der Waals surface area (Å²) in [6.45, 7) is 7.85. The maximum absolute atomic E-state index is 14.3. The number of urea groups is 1. The smallest absolute Gasteiger partial charge is 0.323 e. The van der Waals surface area contributed by atoms with Crippen LogP contribution in [-0.2, 0) is 11.3 Å². The number of nitrogens with zero attached hydrogens (tertiary/aromatic N) is 2. The molecule has 3 N–H and O–H groups in total. The van der Waals surface area contributed by atoms with Crippen LogP contribution in [0.15, 0.2) is 66.7 Å². The molecule has 9 nitrogen and oxygen atoms in total. The van der Waals surface area contributed by atoms with E-state index in [2.05, 4.69) is 22.5 Å². The van der Waals surface area contributed by atoms with Crippen LogP contribution in [0, 0.1) is 5.92 Å². The number of aliphatic hydroxyl groups is 1. The largest absolute Gasteiger partial charge is 0.490 e. The molecule has 0 spiro atoms. The molecule has 3 amide bonds. The molecule has 3 aromatic rings. The first kappa shape index (κ1) is 36.5. The number of carbonyl (C=O) groups excluding carboxylic acids is 2. The molecule has 1 aliphatic rings. The number of halogens is 2. The van der Waals surface area contributed by atoms with Crippen molar-refractivity contribution in [3.63, 3.8) is 0 Å². The fourth-order valence-electron chi connectivity index (χ4n) is 5.60. The maximum atomic E-state index is 14.3. The lowest BCUT2D eigenvalue weighted by atomic mass is 10.0. The van der Waals surface area contributed by atoms with Crippen LogP contribution in [0.4, 0.5) is 16.2 Å². The molecule has 0 bridgehead atoms. The van der Waals surface area contributed by atoms with E-state index in [-0.39, 0.29) is 30.6 Å². The molecule has 0 saturated heterocycles. The first-order chi connectivity index (χ1) is 22.5. The van der Waals surface area contributed by atoms with E-state index < -0.39 is 12.1 Å². The van der Waals surface area contributed by atoms with Gasteiger partial charge in [-0.15, -0.1) is 0 Å². The van der Waals surface area contributed by atoms with E-state index in [1.807, 2.05) is 51.2 Å². The average Bonchev–Trinajstić information content (AvgIpc) is 3.04. The molecule has 47 heavy (non-hydrogen) atoms. The summed E-state index contributed by atoms with van der Waals surface area (Å²) in [6, 6.07) is 18.9. The molecule has 3 aromatic carbocycles. The number of carbonyl (C=O) groups is 2. The van der Waals surface area contributed by atoms with Gasteiger partial charge in [0.15, 0.2) is 0 Å². The van der Waals surface area contributed by atoms with Gasteiger partial charge < -0.3 is 30.1 Å². The number of benzene rings is 3. The molecule has 11 heteroatoms. The van der Waals surface area contributed by atoms with E-state index in [9.17, 15) is 14.7 Å². The third-order valence-corrected chi connectivity index (χ3v) is 9.01. The Morgan fingerprint density at radius 1 is 1.02 bits per heavy atom. The van der Waals surface area contributed by atoms with E-state index >= 15 is 0 Å². The van der Waals surface area contributed by atoms with E-state index in [1.165, 1.54) is 0 Å². The van der Waals surface area contributed by atoms with Crippen LogP contribution >= 0.6 is 23.2 Å². The number of anilines is 2. The van der Waals surface area contributed by atoms with Gasteiger partial charge in [-0.3, -0.25) is 9.69 Å². The highest BCUT2D eigenvalue weighted by Crippen LogP contribution is 2.29. The van der Waals surface area contributed by atoms with Gasteiger partial charge in [0.1, 0.15) is 5.75 Å². The summed E-state index contributed by atoms with van der Waals surface area (Å²) in [5, 5.41) is 16.9. The Kier molecular flexibility index (Phi) is 13.8. The summed E-state index contributed by atoms with van der Waals surface area (Å²) in [5.74, 6) is 0.0617.